The lowest BCUT2D eigenvalue weighted by molar-refractivity contribution is 0.492. The molecule has 6 heteroatoms. The first-order valence-electron chi connectivity index (χ1n) is 8.78. The first kappa shape index (κ1) is 20.6. The number of nitrogens with zero attached hydrogens (tertiary/aromatic N) is 2. The van der Waals surface area contributed by atoms with Crippen molar-refractivity contribution in [1.82, 2.24) is 9.55 Å². The molecule has 0 fully saturated rings. The van der Waals surface area contributed by atoms with Crippen LogP contribution < -0.4 is 0 Å². The molecule has 142 valence electrons. The standard InChI is InChI=1S/C21H21Cl3N2S/c1-21(11-13-26-14-12-25-15-26,10-9-16-5-7-17(22)8-6-16)27-20-18(23)3-2-4-19(20)24/h2-8,12,14-15H,9-11,13H2,1H3. The molecule has 3 rings (SSSR count). The van der Waals surface area contributed by atoms with Crippen molar-refractivity contribution in [3.05, 3.63) is 81.8 Å². The van der Waals surface area contributed by atoms with Crippen LogP contribution in [0, 0.1) is 0 Å². The average molecular weight is 440 g/mol. The van der Waals surface area contributed by atoms with Crippen LogP contribution in [0.4, 0.5) is 0 Å². The fourth-order valence-electron chi connectivity index (χ4n) is 2.90. The molecule has 1 aromatic heterocycles. The van der Waals surface area contributed by atoms with Gasteiger partial charge in [0.15, 0.2) is 0 Å². The fraction of sp³-hybridized carbons (Fsp3) is 0.286. The van der Waals surface area contributed by atoms with Crippen LogP contribution in [-0.4, -0.2) is 14.3 Å². The van der Waals surface area contributed by atoms with Gasteiger partial charge < -0.3 is 4.57 Å². The van der Waals surface area contributed by atoms with Crippen molar-refractivity contribution in [2.45, 2.75) is 42.4 Å². The fourth-order valence-corrected chi connectivity index (χ4v) is 4.87. The van der Waals surface area contributed by atoms with Gasteiger partial charge in [-0.05, 0) is 49.1 Å². The van der Waals surface area contributed by atoms with Crippen molar-refractivity contribution in [3.8, 4) is 0 Å². The third-order valence-corrected chi connectivity index (χ3v) is 7.23. The highest BCUT2D eigenvalue weighted by atomic mass is 35.5. The van der Waals surface area contributed by atoms with Crippen molar-refractivity contribution in [2.24, 2.45) is 0 Å². The maximum Gasteiger partial charge on any atom is 0.0945 e. The molecule has 2 aromatic carbocycles. The summed E-state index contributed by atoms with van der Waals surface area (Å²) in [6.45, 7) is 3.18. The topological polar surface area (TPSA) is 17.8 Å². The Morgan fingerprint density at radius 2 is 1.70 bits per heavy atom. The molecule has 2 nitrogen and oxygen atoms in total. The second-order valence-electron chi connectivity index (χ2n) is 6.78. The molecule has 3 aromatic rings. The van der Waals surface area contributed by atoms with E-state index in [1.807, 2.05) is 49.1 Å². The Labute approximate surface area is 179 Å². The lowest BCUT2D eigenvalue weighted by Crippen LogP contribution is -2.23. The number of aryl methyl sites for hydroxylation is 2. The van der Waals surface area contributed by atoms with Gasteiger partial charge in [-0.1, -0.05) is 59.9 Å². The number of hydrogen-bond donors (Lipinski definition) is 0. The zero-order valence-corrected chi connectivity index (χ0v) is 18.1. The molecule has 0 bridgehead atoms. The Hall–Kier alpha value is -1.13. The van der Waals surface area contributed by atoms with E-state index in [-0.39, 0.29) is 4.75 Å². The van der Waals surface area contributed by atoms with Crippen LogP contribution in [0.5, 0.6) is 0 Å². The van der Waals surface area contributed by atoms with E-state index in [9.17, 15) is 0 Å². The zero-order chi connectivity index (χ0) is 19.3. The molecule has 0 amide bonds. The predicted octanol–water partition coefficient (Wildman–Crippen LogP) is 7.42. The van der Waals surface area contributed by atoms with E-state index in [2.05, 4.69) is 28.6 Å². The molecule has 0 saturated carbocycles. The molecular weight excluding hydrogens is 419 g/mol. The van der Waals surface area contributed by atoms with Crippen LogP contribution in [0.1, 0.15) is 25.3 Å². The minimum absolute atomic E-state index is 0.0292. The molecule has 0 aliphatic rings. The molecule has 1 heterocycles. The summed E-state index contributed by atoms with van der Waals surface area (Å²) < 4.78 is 2.08. The third kappa shape index (κ3) is 5.92. The molecule has 0 spiro atoms. The van der Waals surface area contributed by atoms with Gasteiger partial charge in [0.05, 0.1) is 16.4 Å². The molecular formula is C21H21Cl3N2S. The summed E-state index contributed by atoms with van der Waals surface area (Å²) in [5, 5.41) is 2.17. The second kappa shape index (κ2) is 9.38. The van der Waals surface area contributed by atoms with E-state index >= 15 is 0 Å². The van der Waals surface area contributed by atoms with E-state index in [0.29, 0.717) is 10.0 Å². The Morgan fingerprint density at radius 3 is 2.33 bits per heavy atom. The van der Waals surface area contributed by atoms with Crippen LogP contribution in [0.25, 0.3) is 0 Å². The molecule has 1 unspecified atom stereocenters. The van der Waals surface area contributed by atoms with Crippen molar-refractivity contribution >= 4 is 46.6 Å². The first-order chi connectivity index (χ1) is 13.0. The Balaban J connectivity index is 1.77. The lowest BCUT2D eigenvalue weighted by atomic mass is 9.97. The van der Waals surface area contributed by atoms with Gasteiger partial charge in [-0.3, -0.25) is 0 Å². The molecule has 1 atom stereocenters. The Bertz CT molecular complexity index is 845. The monoisotopic (exact) mass is 438 g/mol. The van der Waals surface area contributed by atoms with Gasteiger partial charge in [-0.2, -0.15) is 0 Å². The summed E-state index contributed by atoms with van der Waals surface area (Å²) in [4.78, 5) is 5.09. The summed E-state index contributed by atoms with van der Waals surface area (Å²) in [5.41, 5.74) is 1.28. The number of halogens is 3. The van der Waals surface area contributed by atoms with Crippen molar-refractivity contribution < 1.29 is 0 Å². The lowest BCUT2D eigenvalue weighted by Gasteiger charge is -2.30. The van der Waals surface area contributed by atoms with Gasteiger partial charge in [0, 0.05) is 33.6 Å². The first-order valence-corrected chi connectivity index (χ1v) is 10.7. The van der Waals surface area contributed by atoms with Crippen molar-refractivity contribution in [3.63, 3.8) is 0 Å². The molecule has 0 saturated heterocycles. The molecule has 27 heavy (non-hydrogen) atoms. The Kier molecular flexibility index (Phi) is 7.16. The van der Waals surface area contributed by atoms with E-state index in [4.69, 9.17) is 34.8 Å². The molecule has 0 aliphatic heterocycles. The Morgan fingerprint density at radius 1 is 1.00 bits per heavy atom. The minimum Gasteiger partial charge on any atom is -0.337 e. The van der Waals surface area contributed by atoms with Crippen molar-refractivity contribution in [2.75, 3.05) is 0 Å². The van der Waals surface area contributed by atoms with Crippen LogP contribution in [-0.2, 0) is 13.0 Å². The highest BCUT2D eigenvalue weighted by Crippen LogP contribution is 2.45. The molecule has 0 N–H and O–H groups in total. The van der Waals surface area contributed by atoms with Crippen molar-refractivity contribution in [1.29, 1.82) is 0 Å². The maximum absolute atomic E-state index is 6.43. The van der Waals surface area contributed by atoms with Gasteiger partial charge in [-0.25, -0.2) is 4.98 Å². The van der Waals surface area contributed by atoms with Crippen LogP contribution in [0.15, 0.2) is 66.1 Å². The number of thioether (sulfide) groups is 1. The number of rotatable bonds is 8. The zero-order valence-electron chi connectivity index (χ0n) is 15.0. The summed E-state index contributed by atoms with van der Waals surface area (Å²) in [6, 6.07) is 13.7. The van der Waals surface area contributed by atoms with Gasteiger partial charge in [0.2, 0.25) is 0 Å². The summed E-state index contributed by atoms with van der Waals surface area (Å²) in [7, 11) is 0. The summed E-state index contributed by atoms with van der Waals surface area (Å²) in [5.74, 6) is 0. The van der Waals surface area contributed by atoms with Crippen LogP contribution in [0.3, 0.4) is 0 Å². The number of aromatic nitrogens is 2. The largest absolute Gasteiger partial charge is 0.337 e. The highest BCUT2D eigenvalue weighted by molar-refractivity contribution is 8.00. The molecule has 0 radical (unpaired) electrons. The quantitative estimate of drug-likeness (QED) is 0.340. The minimum atomic E-state index is -0.0292. The number of imidazole rings is 1. The maximum atomic E-state index is 6.43. The van der Waals surface area contributed by atoms with E-state index < -0.39 is 0 Å². The second-order valence-corrected chi connectivity index (χ2v) is 9.63. The highest BCUT2D eigenvalue weighted by Gasteiger charge is 2.27. The van der Waals surface area contributed by atoms with E-state index in [0.717, 1.165) is 35.7 Å². The van der Waals surface area contributed by atoms with Crippen LogP contribution in [0.2, 0.25) is 15.1 Å². The van der Waals surface area contributed by atoms with Gasteiger partial charge in [0.1, 0.15) is 0 Å². The van der Waals surface area contributed by atoms with E-state index in [1.165, 1.54) is 5.56 Å². The summed E-state index contributed by atoms with van der Waals surface area (Å²) in [6.07, 6.45) is 8.59. The SMILES string of the molecule is CC(CCc1ccc(Cl)cc1)(CCn1ccnc1)Sc1c(Cl)cccc1Cl. The number of hydrogen-bond acceptors (Lipinski definition) is 2. The van der Waals surface area contributed by atoms with E-state index in [1.54, 1.807) is 11.8 Å². The smallest absolute Gasteiger partial charge is 0.0945 e. The average Bonchev–Trinajstić information content (AvgIpc) is 3.17. The van der Waals surface area contributed by atoms with Gasteiger partial charge in [0.25, 0.3) is 0 Å². The summed E-state index contributed by atoms with van der Waals surface area (Å²) >= 11 is 20.6. The van der Waals surface area contributed by atoms with Gasteiger partial charge in [-0.15, -0.1) is 11.8 Å². The van der Waals surface area contributed by atoms with Gasteiger partial charge >= 0.3 is 0 Å². The molecule has 0 aliphatic carbocycles. The third-order valence-electron chi connectivity index (χ3n) is 4.58. The number of benzene rings is 2. The van der Waals surface area contributed by atoms with Crippen LogP contribution >= 0.6 is 46.6 Å². The predicted molar refractivity (Wildman–Crippen MR) is 117 cm³/mol. The normalized spacial score (nSPS) is 13.5.